The predicted molar refractivity (Wildman–Crippen MR) is 133 cm³/mol. The van der Waals surface area contributed by atoms with Gasteiger partial charge in [0.05, 0.1) is 36.4 Å². The van der Waals surface area contributed by atoms with Crippen molar-refractivity contribution in [1.29, 1.82) is 0 Å². The van der Waals surface area contributed by atoms with Gasteiger partial charge < -0.3 is 14.8 Å². The van der Waals surface area contributed by atoms with Crippen molar-refractivity contribution >= 4 is 44.8 Å². The first-order valence-electron chi connectivity index (χ1n) is 10.2. The molecule has 0 radical (unpaired) electrons. The number of ether oxygens (including phenoxy) is 2. The van der Waals surface area contributed by atoms with Crippen LogP contribution in [-0.2, 0) is 21.4 Å². The molecule has 3 aromatic carbocycles. The van der Waals surface area contributed by atoms with Crippen molar-refractivity contribution in [3.05, 3.63) is 81.8 Å². The molecule has 0 aliphatic rings. The van der Waals surface area contributed by atoms with Crippen LogP contribution in [-0.4, -0.2) is 39.4 Å². The van der Waals surface area contributed by atoms with Crippen LogP contribution in [0.1, 0.15) is 11.1 Å². The molecule has 0 aliphatic heterocycles. The van der Waals surface area contributed by atoms with Gasteiger partial charge in [-0.25, -0.2) is 8.42 Å². The Kier molecular flexibility index (Phi) is 8.43. The molecule has 180 valence electrons. The molecule has 0 bridgehead atoms. The number of amides is 1. The maximum atomic E-state index is 13.5. The fraction of sp³-hybridized carbons (Fsp3) is 0.208. The smallest absolute Gasteiger partial charge is 0.243 e. The number of sulfonamides is 1. The summed E-state index contributed by atoms with van der Waals surface area (Å²) in [5, 5.41) is 3.41. The van der Waals surface area contributed by atoms with Gasteiger partial charge in [-0.3, -0.25) is 4.79 Å². The summed E-state index contributed by atoms with van der Waals surface area (Å²) in [4.78, 5) is 13.0. The van der Waals surface area contributed by atoms with E-state index in [1.165, 1.54) is 50.6 Å². The highest BCUT2D eigenvalue weighted by Crippen LogP contribution is 2.36. The van der Waals surface area contributed by atoms with Crippen molar-refractivity contribution in [3.8, 4) is 11.5 Å². The fourth-order valence-corrected chi connectivity index (χ4v) is 5.00. The third-order valence-electron chi connectivity index (χ3n) is 5.13. The second-order valence-electron chi connectivity index (χ2n) is 7.39. The summed E-state index contributed by atoms with van der Waals surface area (Å²) in [5.41, 5.74) is 1.98. The summed E-state index contributed by atoms with van der Waals surface area (Å²) >= 11 is 12.1. The highest BCUT2D eigenvalue weighted by atomic mass is 35.5. The summed E-state index contributed by atoms with van der Waals surface area (Å²) < 4.78 is 38.5. The maximum absolute atomic E-state index is 13.5. The first kappa shape index (κ1) is 25.8. The minimum absolute atomic E-state index is 0.00608. The Bertz CT molecular complexity index is 1280. The predicted octanol–water partition coefficient (Wildman–Crippen LogP) is 5.15. The number of carbonyl (C=O) groups is 1. The molecule has 0 unspecified atom stereocenters. The lowest BCUT2D eigenvalue weighted by atomic mass is 10.1. The number of rotatable bonds is 9. The summed E-state index contributed by atoms with van der Waals surface area (Å²) in [6, 6.07) is 16.2. The second-order valence-corrected chi connectivity index (χ2v) is 10.2. The van der Waals surface area contributed by atoms with Crippen molar-refractivity contribution in [2.24, 2.45) is 0 Å². The van der Waals surface area contributed by atoms with E-state index < -0.39 is 22.5 Å². The number of benzene rings is 3. The van der Waals surface area contributed by atoms with Crippen LogP contribution >= 0.6 is 23.2 Å². The molecule has 1 N–H and O–H groups in total. The number of halogens is 2. The normalized spacial score (nSPS) is 11.4. The minimum Gasteiger partial charge on any atom is -0.495 e. The van der Waals surface area contributed by atoms with E-state index in [1.54, 1.807) is 0 Å². The number of carbonyl (C=O) groups excluding carboxylic acids is 1. The van der Waals surface area contributed by atoms with Gasteiger partial charge in [-0.1, -0.05) is 47.5 Å². The Hall–Kier alpha value is -2.78. The second kappa shape index (κ2) is 11.1. The molecule has 0 fully saturated rings. The molecule has 0 saturated carbocycles. The van der Waals surface area contributed by atoms with E-state index >= 15 is 0 Å². The average molecular weight is 523 g/mol. The zero-order valence-corrected chi connectivity index (χ0v) is 21.2. The largest absolute Gasteiger partial charge is 0.495 e. The summed E-state index contributed by atoms with van der Waals surface area (Å²) in [5.74, 6) is 0.0854. The van der Waals surface area contributed by atoms with Crippen LogP contribution in [0.5, 0.6) is 11.5 Å². The van der Waals surface area contributed by atoms with Gasteiger partial charge >= 0.3 is 0 Å². The Morgan fingerprint density at radius 1 is 0.971 bits per heavy atom. The van der Waals surface area contributed by atoms with Crippen LogP contribution < -0.4 is 14.8 Å². The molecule has 0 saturated heterocycles. The minimum atomic E-state index is -4.02. The monoisotopic (exact) mass is 522 g/mol. The molecule has 3 rings (SSSR count). The molecule has 0 atom stereocenters. The average Bonchev–Trinajstić information content (AvgIpc) is 2.81. The van der Waals surface area contributed by atoms with E-state index in [2.05, 4.69) is 5.32 Å². The first-order valence-corrected chi connectivity index (χ1v) is 12.4. The van der Waals surface area contributed by atoms with E-state index in [4.69, 9.17) is 32.7 Å². The van der Waals surface area contributed by atoms with Gasteiger partial charge in [-0.05, 0) is 42.3 Å². The van der Waals surface area contributed by atoms with Gasteiger partial charge in [-0.2, -0.15) is 4.31 Å². The van der Waals surface area contributed by atoms with E-state index in [-0.39, 0.29) is 11.4 Å². The number of nitrogens with zero attached hydrogens (tertiary/aromatic N) is 1. The molecule has 0 spiro atoms. The number of aryl methyl sites for hydroxylation is 1. The molecule has 3 aromatic rings. The van der Waals surface area contributed by atoms with Crippen molar-refractivity contribution in [3.63, 3.8) is 0 Å². The van der Waals surface area contributed by atoms with Gasteiger partial charge in [0.1, 0.15) is 11.5 Å². The zero-order valence-electron chi connectivity index (χ0n) is 18.8. The van der Waals surface area contributed by atoms with E-state index in [0.29, 0.717) is 27.2 Å². The van der Waals surface area contributed by atoms with E-state index in [9.17, 15) is 13.2 Å². The molecular formula is C24H24Cl2N2O5S. The van der Waals surface area contributed by atoms with Crippen molar-refractivity contribution in [2.45, 2.75) is 18.4 Å². The quantitative estimate of drug-likeness (QED) is 0.420. The van der Waals surface area contributed by atoms with Crippen molar-refractivity contribution in [1.82, 2.24) is 4.31 Å². The van der Waals surface area contributed by atoms with Crippen LogP contribution in [0.4, 0.5) is 5.69 Å². The number of methoxy groups -OCH3 is 2. The van der Waals surface area contributed by atoms with Gasteiger partial charge in [0.15, 0.2) is 0 Å². The molecular weight excluding hydrogens is 499 g/mol. The van der Waals surface area contributed by atoms with Gasteiger partial charge in [-0.15, -0.1) is 0 Å². The first-order chi connectivity index (χ1) is 16.1. The third kappa shape index (κ3) is 6.01. The molecule has 7 nitrogen and oxygen atoms in total. The highest BCUT2D eigenvalue weighted by molar-refractivity contribution is 7.89. The van der Waals surface area contributed by atoms with Crippen LogP contribution in [0.2, 0.25) is 10.0 Å². The van der Waals surface area contributed by atoms with Gasteiger partial charge in [0, 0.05) is 23.7 Å². The molecule has 0 aliphatic carbocycles. The Labute approximate surface area is 209 Å². The lowest BCUT2D eigenvalue weighted by Gasteiger charge is -2.23. The van der Waals surface area contributed by atoms with Crippen LogP contribution in [0, 0.1) is 6.92 Å². The molecule has 0 aromatic heterocycles. The number of hydrogen-bond donors (Lipinski definition) is 1. The Balaban J connectivity index is 1.93. The topological polar surface area (TPSA) is 84.9 Å². The SMILES string of the molecule is COc1cc(NC(=O)CN(Cc2ccccc2C)S(=O)(=O)c2ccc(Cl)cc2)c(OC)cc1Cl. The molecule has 1 amide bonds. The maximum Gasteiger partial charge on any atom is 0.243 e. The summed E-state index contributed by atoms with van der Waals surface area (Å²) in [6.45, 7) is 1.45. The third-order valence-corrected chi connectivity index (χ3v) is 7.48. The van der Waals surface area contributed by atoms with E-state index in [0.717, 1.165) is 15.4 Å². The van der Waals surface area contributed by atoms with Crippen LogP contribution in [0.15, 0.2) is 65.6 Å². The lowest BCUT2D eigenvalue weighted by molar-refractivity contribution is -0.116. The summed E-state index contributed by atoms with van der Waals surface area (Å²) in [7, 11) is -1.14. The van der Waals surface area contributed by atoms with E-state index in [1.807, 2.05) is 31.2 Å². The van der Waals surface area contributed by atoms with Crippen molar-refractivity contribution < 1.29 is 22.7 Å². The Morgan fingerprint density at radius 2 is 1.62 bits per heavy atom. The fourth-order valence-electron chi connectivity index (χ4n) is 3.27. The lowest BCUT2D eigenvalue weighted by Crippen LogP contribution is -2.37. The molecule has 34 heavy (non-hydrogen) atoms. The van der Waals surface area contributed by atoms with Crippen LogP contribution in [0.25, 0.3) is 0 Å². The number of nitrogens with one attached hydrogen (secondary N) is 1. The highest BCUT2D eigenvalue weighted by Gasteiger charge is 2.28. The summed E-state index contributed by atoms with van der Waals surface area (Å²) in [6.07, 6.45) is 0. The number of hydrogen-bond acceptors (Lipinski definition) is 5. The van der Waals surface area contributed by atoms with Crippen molar-refractivity contribution in [2.75, 3.05) is 26.1 Å². The van der Waals surface area contributed by atoms with Crippen LogP contribution in [0.3, 0.4) is 0 Å². The molecule has 10 heteroatoms. The van der Waals surface area contributed by atoms with Gasteiger partial charge in [0.25, 0.3) is 0 Å². The Morgan fingerprint density at radius 3 is 2.24 bits per heavy atom. The van der Waals surface area contributed by atoms with Gasteiger partial charge in [0.2, 0.25) is 15.9 Å². The molecule has 0 heterocycles. The number of anilines is 1. The standard InChI is InChI=1S/C24H24Cl2N2O5S/c1-16-6-4-5-7-17(16)14-28(34(30,31)19-10-8-18(25)9-11-19)15-24(29)27-21-13-22(32-2)20(26)12-23(21)33-3/h4-13H,14-15H2,1-3H3,(H,27,29). The zero-order chi connectivity index (χ0) is 24.9.